The summed E-state index contributed by atoms with van der Waals surface area (Å²) in [7, 11) is 0. The summed E-state index contributed by atoms with van der Waals surface area (Å²) in [5, 5.41) is 9.89. The summed E-state index contributed by atoms with van der Waals surface area (Å²) in [6.45, 7) is 10.8. The number of allylic oxidation sites excluding steroid dienone is 2. The zero-order chi connectivity index (χ0) is 13.9. The van der Waals surface area contributed by atoms with Crippen molar-refractivity contribution in [1.82, 2.24) is 0 Å². The molecule has 0 radical (unpaired) electrons. The van der Waals surface area contributed by atoms with Crippen LogP contribution in [0.15, 0.2) is 11.3 Å². The monoisotopic (exact) mass is 252 g/mol. The minimum Gasteiger partial charge on any atom is -0.504 e. The molecule has 104 valence electrons. The maximum atomic E-state index is 11.6. The van der Waals surface area contributed by atoms with E-state index in [2.05, 4.69) is 34.6 Å². The zero-order valence-corrected chi connectivity index (χ0v) is 12.5. The van der Waals surface area contributed by atoms with Gasteiger partial charge < -0.3 is 5.11 Å². The molecule has 0 fully saturated rings. The summed E-state index contributed by atoms with van der Waals surface area (Å²) in [6, 6.07) is 0. The Bertz CT molecular complexity index is 337. The zero-order valence-electron chi connectivity index (χ0n) is 12.5. The van der Waals surface area contributed by atoms with Crippen LogP contribution in [-0.4, -0.2) is 10.9 Å². The maximum absolute atomic E-state index is 11.6. The lowest BCUT2D eigenvalue weighted by atomic mass is 9.80. The number of rotatable bonds is 6. The van der Waals surface area contributed by atoms with E-state index in [1.807, 2.05) is 0 Å². The first-order valence-electron chi connectivity index (χ1n) is 7.20. The standard InChI is InChI=1S/C16H28O2/c1-11(2)7-6-8-12(3)9-13-15(18)14(17)10-16(13,4)5/h11-12,18H,6-10H2,1-5H3. The molecular formula is C16H28O2. The van der Waals surface area contributed by atoms with Crippen molar-refractivity contribution in [2.75, 3.05) is 0 Å². The molecule has 18 heavy (non-hydrogen) atoms. The number of carbonyl (C=O) groups excluding carboxylic acids is 1. The molecule has 1 aliphatic rings. The molecule has 0 heterocycles. The first kappa shape index (κ1) is 15.3. The van der Waals surface area contributed by atoms with Crippen molar-refractivity contribution in [3.05, 3.63) is 11.3 Å². The summed E-state index contributed by atoms with van der Waals surface area (Å²) in [5.74, 6) is 1.28. The van der Waals surface area contributed by atoms with Crippen molar-refractivity contribution < 1.29 is 9.90 Å². The molecule has 0 spiro atoms. The lowest BCUT2D eigenvalue weighted by Gasteiger charge is -2.23. The van der Waals surface area contributed by atoms with Crippen LogP contribution in [0, 0.1) is 17.3 Å². The van der Waals surface area contributed by atoms with E-state index in [9.17, 15) is 9.90 Å². The predicted octanol–water partition coefficient (Wildman–Crippen LogP) is 4.65. The van der Waals surface area contributed by atoms with Crippen molar-refractivity contribution >= 4 is 5.78 Å². The fourth-order valence-corrected chi connectivity index (χ4v) is 2.78. The van der Waals surface area contributed by atoms with Gasteiger partial charge in [-0.25, -0.2) is 0 Å². The molecule has 0 saturated carbocycles. The van der Waals surface area contributed by atoms with E-state index in [1.165, 1.54) is 19.3 Å². The van der Waals surface area contributed by atoms with E-state index < -0.39 is 0 Å². The van der Waals surface area contributed by atoms with Crippen molar-refractivity contribution in [2.45, 2.75) is 66.7 Å². The Morgan fingerprint density at radius 3 is 2.28 bits per heavy atom. The Hall–Kier alpha value is -0.790. The van der Waals surface area contributed by atoms with Gasteiger partial charge in [0, 0.05) is 6.42 Å². The second-order valence-corrected chi connectivity index (χ2v) is 6.95. The van der Waals surface area contributed by atoms with Gasteiger partial charge in [0.1, 0.15) is 0 Å². The number of aliphatic hydroxyl groups excluding tert-OH is 1. The summed E-state index contributed by atoms with van der Waals surface area (Å²) in [4.78, 5) is 11.6. The first-order valence-corrected chi connectivity index (χ1v) is 7.20. The Morgan fingerprint density at radius 1 is 1.22 bits per heavy atom. The van der Waals surface area contributed by atoms with Crippen molar-refractivity contribution in [2.24, 2.45) is 17.3 Å². The van der Waals surface area contributed by atoms with Gasteiger partial charge in [0.15, 0.2) is 11.5 Å². The average Bonchev–Trinajstić information content (AvgIpc) is 2.40. The van der Waals surface area contributed by atoms with E-state index in [1.54, 1.807) is 0 Å². The lowest BCUT2D eigenvalue weighted by molar-refractivity contribution is -0.117. The molecule has 1 aliphatic carbocycles. The molecule has 0 aromatic heterocycles. The minimum absolute atomic E-state index is 0.0516. The Labute approximate surface area is 111 Å². The fourth-order valence-electron chi connectivity index (χ4n) is 2.78. The third kappa shape index (κ3) is 3.86. The summed E-state index contributed by atoms with van der Waals surface area (Å²) in [6.07, 6.45) is 5.01. The number of hydrogen-bond donors (Lipinski definition) is 1. The number of aliphatic hydroxyl groups is 1. The van der Waals surface area contributed by atoms with Gasteiger partial charge in [-0.1, -0.05) is 53.9 Å². The van der Waals surface area contributed by atoms with Crippen LogP contribution in [-0.2, 0) is 4.79 Å². The third-order valence-corrected chi connectivity index (χ3v) is 4.00. The van der Waals surface area contributed by atoms with Gasteiger partial charge in [0.05, 0.1) is 0 Å². The van der Waals surface area contributed by atoms with Gasteiger partial charge in [-0.3, -0.25) is 4.79 Å². The second kappa shape index (κ2) is 5.90. The van der Waals surface area contributed by atoms with E-state index in [0.29, 0.717) is 12.3 Å². The normalized spacial score (nSPS) is 20.9. The van der Waals surface area contributed by atoms with E-state index in [-0.39, 0.29) is 17.0 Å². The van der Waals surface area contributed by atoms with Gasteiger partial charge in [-0.2, -0.15) is 0 Å². The largest absolute Gasteiger partial charge is 0.504 e. The molecule has 0 bridgehead atoms. The van der Waals surface area contributed by atoms with Crippen LogP contribution in [0.4, 0.5) is 0 Å². The molecule has 0 aromatic carbocycles. The van der Waals surface area contributed by atoms with Crippen molar-refractivity contribution in [3.8, 4) is 0 Å². The van der Waals surface area contributed by atoms with Crippen LogP contribution < -0.4 is 0 Å². The van der Waals surface area contributed by atoms with Crippen molar-refractivity contribution in [3.63, 3.8) is 0 Å². The molecular weight excluding hydrogens is 224 g/mol. The molecule has 0 amide bonds. The van der Waals surface area contributed by atoms with Gasteiger partial charge in [-0.15, -0.1) is 0 Å². The van der Waals surface area contributed by atoms with E-state index in [0.717, 1.165) is 17.9 Å². The van der Waals surface area contributed by atoms with Crippen LogP contribution in [0.2, 0.25) is 0 Å². The van der Waals surface area contributed by atoms with Crippen LogP contribution in [0.3, 0.4) is 0 Å². The van der Waals surface area contributed by atoms with Gasteiger partial charge in [0.2, 0.25) is 0 Å². The molecule has 1 atom stereocenters. The molecule has 1 N–H and O–H groups in total. The van der Waals surface area contributed by atoms with Crippen LogP contribution in [0.25, 0.3) is 0 Å². The average molecular weight is 252 g/mol. The summed E-state index contributed by atoms with van der Waals surface area (Å²) < 4.78 is 0. The summed E-state index contributed by atoms with van der Waals surface area (Å²) >= 11 is 0. The van der Waals surface area contributed by atoms with Gasteiger partial charge in [-0.05, 0) is 29.2 Å². The SMILES string of the molecule is CC(C)CCCC(C)CC1=C(O)C(=O)CC1(C)C. The highest BCUT2D eigenvalue weighted by Gasteiger charge is 2.38. The maximum Gasteiger partial charge on any atom is 0.197 e. The Balaban J connectivity index is 2.53. The van der Waals surface area contributed by atoms with Gasteiger partial charge >= 0.3 is 0 Å². The Kier molecular flexibility index (Phi) is 5.01. The van der Waals surface area contributed by atoms with Gasteiger partial charge in [0.25, 0.3) is 0 Å². The highest BCUT2D eigenvalue weighted by atomic mass is 16.3. The summed E-state index contributed by atoms with van der Waals surface area (Å²) in [5.41, 5.74) is 0.831. The van der Waals surface area contributed by atoms with Crippen LogP contribution in [0.5, 0.6) is 0 Å². The number of carbonyl (C=O) groups is 1. The molecule has 1 rings (SSSR count). The van der Waals surface area contributed by atoms with E-state index >= 15 is 0 Å². The molecule has 2 nitrogen and oxygen atoms in total. The molecule has 1 unspecified atom stereocenters. The molecule has 0 aliphatic heterocycles. The highest BCUT2D eigenvalue weighted by Crippen LogP contribution is 2.43. The topological polar surface area (TPSA) is 37.3 Å². The fraction of sp³-hybridized carbons (Fsp3) is 0.812. The smallest absolute Gasteiger partial charge is 0.197 e. The second-order valence-electron chi connectivity index (χ2n) is 6.95. The van der Waals surface area contributed by atoms with Crippen LogP contribution in [0.1, 0.15) is 66.7 Å². The van der Waals surface area contributed by atoms with E-state index in [4.69, 9.17) is 0 Å². The molecule has 0 saturated heterocycles. The quantitative estimate of drug-likeness (QED) is 0.747. The minimum atomic E-state index is -0.145. The molecule has 2 heteroatoms. The highest BCUT2D eigenvalue weighted by molar-refractivity contribution is 5.97. The Morgan fingerprint density at radius 2 is 1.83 bits per heavy atom. The van der Waals surface area contributed by atoms with Crippen LogP contribution >= 0.6 is 0 Å². The molecule has 0 aromatic rings. The predicted molar refractivity (Wildman–Crippen MR) is 75.5 cm³/mol. The third-order valence-electron chi connectivity index (χ3n) is 4.00. The first-order chi connectivity index (χ1) is 8.24. The number of ketones is 1. The van der Waals surface area contributed by atoms with Crippen molar-refractivity contribution in [1.29, 1.82) is 0 Å². The number of Topliss-reactive ketones (excluding diaryl/α,β-unsaturated/α-hetero) is 1. The lowest BCUT2D eigenvalue weighted by Crippen LogP contribution is -2.13. The number of hydrogen-bond acceptors (Lipinski definition) is 2.